The first-order chi connectivity index (χ1) is 22.6. The van der Waals surface area contributed by atoms with Crippen LogP contribution < -0.4 is 5.32 Å². The third-order valence-electron chi connectivity index (χ3n) is 9.37. The smallest absolute Gasteiger partial charge is 0.311 e. The zero-order valence-electron chi connectivity index (χ0n) is 28.5. The standard InChI is InChI=1S/C40H50N2O5/c1-28(43)41-40(3,27-46-29(2)44)26-25-36-23-24-37(42(36)4)38(9-5-7-30-11-15-32(16-12-30)34-19-20-34)47-39(45)10-6-8-31-13-17-33(18-14-31)35-21-22-35/h9,11-18,23-24,34-35H,5-8,10,19-22,25-27H2,1-4H3,(H,41,43)/b38-9-/t40-/m1/s1. The van der Waals surface area contributed by atoms with E-state index in [1.165, 1.54) is 61.8 Å². The van der Waals surface area contributed by atoms with Gasteiger partial charge >= 0.3 is 11.9 Å². The van der Waals surface area contributed by atoms with Crippen molar-refractivity contribution in [2.75, 3.05) is 6.61 Å². The van der Waals surface area contributed by atoms with Crippen molar-refractivity contribution in [2.24, 2.45) is 7.05 Å². The van der Waals surface area contributed by atoms with Crippen LogP contribution in [0.1, 0.15) is 118 Å². The van der Waals surface area contributed by atoms with Crippen molar-refractivity contribution in [2.45, 2.75) is 109 Å². The van der Waals surface area contributed by atoms with Gasteiger partial charge in [0, 0.05) is 33.0 Å². The molecule has 0 bridgehead atoms. The Hall–Kier alpha value is -4.13. The van der Waals surface area contributed by atoms with Crippen LogP contribution in [-0.4, -0.2) is 34.6 Å². The molecule has 2 aliphatic rings. The molecule has 47 heavy (non-hydrogen) atoms. The molecule has 7 heteroatoms. The van der Waals surface area contributed by atoms with Gasteiger partial charge in [0.05, 0.1) is 11.2 Å². The van der Waals surface area contributed by atoms with E-state index in [2.05, 4.69) is 53.8 Å². The molecule has 2 fully saturated rings. The Morgan fingerprint density at radius 2 is 1.45 bits per heavy atom. The first-order valence-corrected chi connectivity index (χ1v) is 17.2. The molecule has 1 N–H and O–H groups in total. The fourth-order valence-corrected chi connectivity index (χ4v) is 6.24. The lowest BCUT2D eigenvalue weighted by Crippen LogP contribution is -2.49. The van der Waals surface area contributed by atoms with Crippen LogP contribution in [0.4, 0.5) is 0 Å². The molecule has 0 aliphatic heterocycles. The van der Waals surface area contributed by atoms with Gasteiger partial charge in [-0.15, -0.1) is 0 Å². The molecule has 0 spiro atoms. The monoisotopic (exact) mass is 638 g/mol. The van der Waals surface area contributed by atoms with E-state index in [1.54, 1.807) is 0 Å². The van der Waals surface area contributed by atoms with Crippen LogP contribution in [-0.2, 0) is 50.2 Å². The van der Waals surface area contributed by atoms with E-state index in [9.17, 15) is 14.4 Å². The molecule has 0 radical (unpaired) electrons. The highest BCUT2D eigenvalue weighted by molar-refractivity contribution is 5.77. The van der Waals surface area contributed by atoms with Gasteiger partial charge < -0.3 is 19.4 Å². The average Bonchev–Trinajstić information content (AvgIpc) is 3.97. The van der Waals surface area contributed by atoms with E-state index in [1.807, 2.05) is 36.7 Å². The van der Waals surface area contributed by atoms with Crippen molar-refractivity contribution < 1.29 is 23.9 Å². The minimum atomic E-state index is -0.708. The van der Waals surface area contributed by atoms with Crippen molar-refractivity contribution >= 4 is 23.6 Å². The highest BCUT2D eigenvalue weighted by atomic mass is 16.5. The van der Waals surface area contributed by atoms with E-state index in [0.717, 1.165) is 48.9 Å². The molecule has 1 heterocycles. The number of benzene rings is 2. The van der Waals surface area contributed by atoms with Gasteiger partial charge in [-0.1, -0.05) is 48.5 Å². The molecule has 2 aliphatic carbocycles. The second kappa shape index (κ2) is 15.6. The van der Waals surface area contributed by atoms with Crippen LogP contribution in [0.5, 0.6) is 0 Å². The number of carbonyl (C=O) groups is 3. The maximum Gasteiger partial charge on any atom is 0.311 e. The summed E-state index contributed by atoms with van der Waals surface area (Å²) in [7, 11) is 1.97. The topological polar surface area (TPSA) is 86.6 Å². The highest BCUT2D eigenvalue weighted by Crippen LogP contribution is 2.40. The molecular formula is C40H50N2O5. The molecule has 3 aromatic rings. The first-order valence-electron chi connectivity index (χ1n) is 17.2. The molecule has 0 saturated heterocycles. The zero-order valence-corrected chi connectivity index (χ0v) is 28.5. The van der Waals surface area contributed by atoms with Crippen LogP contribution in [0, 0.1) is 0 Å². The third-order valence-corrected chi connectivity index (χ3v) is 9.37. The fourth-order valence-electron chi connectivity index (χ4n) is 6.24. The lowest BCUT2D eigenvalue weighted by Gasteiger charge is -2.30. The number of amides is 1. The lowest BCUT2D eigenvalue weighted by molar-refractivity contribution is -0.144. The Labute approximate surface area is 279 Å². The van der Waals surface area contributed by atoms with Crippen molar-refractivity contribution in [3.8, 4) is 0 Å². The number of esters is 2. The van der Waals surface area contributed by atoms with Crippen molar-refractivity contribution in [1.82, 2.24) is 9.88 Å². The third kappa shape index (κ3) is 10.4. The largest absolute Gasteiger partial charge is 0.463 e. The van der Waals surface area contributed by atoms with E-state index in [0.29, 0.717) is 25.0 Å². The van der Waals surface area contributed by atoms with Gasteiger partial charge in [-0.05, 0) is 123 Å². The number of allylic oxidation sites excluding steroid dienone is 1. The van der Waals surface area contributed by atoms with Gasteiger partial charge in [0.2, 0.25) is 5.91 Å². The number of aromatic nitrogens is 1. The Bertz CT molecular complexity index is 1560. The molecular weight excluding hydrogens is 588 g/mol. The summed E-state index contributed by atoms with van der Waals surface area (Å²) in [5, 5.41) is 2.95. The number of hydrogen-bond acceptors (Lipinski definition) is 5. The lowest BCUT2D eigenvalue weighted by atomic mass is 9.95. The summed E-state index contributed by atoms with van der Waals surface area (Å²) >= 11 is 0. The second-order valence-corrected chi connectivity index (χ2v) is 13.8. The molecule has 1 atom stereocenters. The maximum atomic E-state index is 13.2. The number of carbonyl (C=O) groups excluding carboxylic acids is 3. The normalized spacial score (nSPS) is 16.0. The summed E-state index contributed by atoms with van der Waals surface area (Å²) in [5.41, 5.74) is 6.50. The van der Waals surface area contributed by atoms with Gasteiger partial charge in [0.25, 0.3) is 0 Å². The van der Waals surface area contributed by atoms with Crippen LogP contribution in [0.25, 0.3) is 5.76 Å². The SMILES string of the molecule is CC(=O)N[C@](C)(CCc1ccc(/C(=C/CCc2ccc(C3CC3)cc2)OC(=O)CCCc2ccc(C3CC3)cc2)n1C)COC(C)=O. The van der Waals surface area contributed by atoms with Gasteiger partial charge in [-0.3, -0.25) is 14.4 Å². The van der Waals surface area contributed by atoms with E-state index >= 15 is 0 Å². The van der Waals surface area contributed by atoms with Crippen molar-refractivity contribution in [3.05, 3.63) is 100 Å². The Morgan fingerprint density at radius 1 is 0.851 bits per heavy atom. The summed E-state index contributed by atoms with van der Waals surface area (Å²) < 4.78 is 13.4. The predicted octanol–water partition coefficient (Wildman–Crippen LogP) is 7.71. The van der Waals surface area contributed by atoms with Gasteiger partial charge in [-0.2, -0.15) is 0 Å². The van der Waals surface area contributed by atoms with E-state index < -0.39 is 5.54 Å². The van der Waals surface area contributed by atoms with Crippen molar-refractivity contribution in [1.29, 1.82) is 0 Å². The number of nitrogens with one attached hydrogen (secondary N) is 1. The van der Waals surface area contributed by atoms with Crippen LogP contribution in [0.2, 0.25) is 0 Å². The van der Waals surface area contributed by atoms with Crippen molar-refractivity contribution in [3.63, 3.8) is 0 Å². The minimum Gasteiger partial charge on any atom is -0.463 e. The van der Waals surface area contributed by atoms with Crippen LogP contribution in [0.15, 0.2) is 66.7 Å². The van der Waals surface area contributed by atoms with Crippen LogP contribution >= 0.6 is 0 Å². The summed E-state index contributed by atoms with van der Waals surface area (Å²) in [5.74, 6) is 1.25. The Morgan fingerprint density at radius 3 is 2.00 bits per heavy atom. The molecule has 2 aromatic carbocycles. The first kappa shape index (κ1) is 34.2. The summed E-state index contributed by atoms with van der Waals surface area (Å²) in [4.78, 5) is 36.6. The summed E-state index contributed by atoms with van der Waals surface area (Å²) in [6, 6.07) is 21.8. The maximum absolute atomic E-state index is 13.2. The van der Waals surface area contributed by atoms with Gasteiger partial charge in [-0.25, -0.2) is 0 Å². The fraction of sp³-hybridized carbons (Fsp3) is 0.475. The Balaban J connectivity index is 1.24. The van der Waals surface area contributed by atoms with Gasteiger partial charge in [0.1, 0.15) is 6.61 Å². The molecule has 2 saturated carbocycles. The number of aryl methyl sites for hydroxylation is 3. The highest BCUT2D eigenvalue weighted by Gasteiger charge is 2.28. The van der Waals surface area contributed by atoms with E-state index in [-0.39, 0.29) is 24.5 Å². The second-order valence-electron chi connectivity index (χ2n) is 13.8. The Kier molecular flexibility index (Phi) is 11.4. The molecule has 7 nitrogen and oxygen atoms in total. The van der Waals surface area contributed by atoms with Gasteiger partial charge in [0.15, 0.2) is 5.76 Å². The van der Waals surface area contributed by atoms with E-state index in [4.69, 9.17) is 9.47 Å². The minimum absolute atomic E-state index is 0.0915. The molecule has 0 unspecified atom stereocenters. The number of hydrogen-bond donors (Lipinski definition) is 1. The summed E-state index contributed by atoms with van der Waals surface area (Å²) in [6.45, 7) is 4.80. The molecule has 5 rings (SSSR count). The predicted molar refractivity (Wildman–Crippen MR) is 185 cm³/mol. The average molecular weight is 639 g/mol. The number of rotatable bonds is 17. The molecule has 1 amide bonds. The van der Waals surface area contributed by atoms with Crippen LogP contribution in [0.3, 0.4) is 0 Å². The molecule has 1 aromatic heterocycles. The summed E-state index contributed by atoms with van der Waals surface area (Å²) in [6.07, 6.45) is 11.9. The zero-order chi connectivity index (χ0) is 33.4. The number of nitrogens with zero attached hydrogens (tertiary/aromatic N) is 1. The number of ether oxygens (including phenoxy) is 2. The quantitative estimate of drug-likeness (QED) is 0.121. The molecule has 250 valence electrons.